The van der Waals surface area contributed by atoms with Crippen molar-refractivity contribution in [3.8, 4) is 16.9 Å². The summed E-state index contributed by atoms with van der Waals surface area (Å²) in [6.07, 6.45) is 0. The Balaban J connectivity index is 1.65. The highest BCUT2D eigenvalue weighted by Crippen LogP contribution is 2.33. The van der Waals surface area contributed by atoms with Crippen molar-refractivity contribution in [2.45, 2.75) is 39.5 Å². The van der Waals surface area contributed by atoms with Crippen molar-refractivity contribution in [1.82, 2.24) is 5.32 Å². The second-order valence-corrected chi connectivity index (χ2v) is 8.24. The van der Waals surface area contributed by atoms with Gasteiger partial charge in [-0.2, -0.15) is 0 Å². The van der Waals surface area contributed by atoms with Crippen LogP contribution in [-0.4, -0.2) is 6.61 Å². The Morgan fingerprint density at radius 1 is 0.812 bits per heavy atom. The van der Waals surface area contributed by atoms with E-state index in [1.54, 1.807) is 0 Å². The summed E-state index contributed by atoms with van der Waals surface area (Å²) in [5, 5.41) is 6.14. The third-order valence-corrected chi connectivity index (χ3v) is 5.97. The van der Waals surface area contributed by atoms with E-state index in [1.165, 1.54) is 27.5 Å². The van der Waals surface area contributed by atoms with Gasteiger partial charge in [0.15, 0.2) is 0 Å². The van der Waals surface area contributed by atoms with E-state index in [0.29, 0.717) is 12.2 Å². The molecule has 0 amide bonds. The van der Waals surface area contributed by atoms with Gasteiger partial charge >= 0.3 is 0 Å². The van der Waals surface area contributed by atoms with E-state index in [2.05, 4.69) is 67.7 Å². The second-order valence-electron chi connectivity index (χ2n) is 8.24. The highest BCUT2D eigenvalue weighted by molar-refractivity contribution is 5.97. The third kappa shape index (κ3) is 4.84. The average Bonchev–Trinajstić information content (AvgIpc) is 2.83. The van der Waals surface area contributed by atoms with Gasteiger partial charge in [0.25, 0.3) is 0 Å². The Morgan fingerprint density at radius 3 is 2.31 bits per heavy atom. The molecule has 0 aliphatic rings. The molecule has 0 radical (unpaired) electrons. The lowest BCUT2D eigenvalue weighted by molar-refractivity contribution is 0.339. The van der Waals surface area contributed by atoms with Gasteiger partial charge in [-0.05, 0) is 83.6 Å². The first-order valence-corrected chi connectivity index (χ1v) is 11.3. The average molecular weight is 428 g/mol. The predicted molar refractivity (Wildman–Crippen MR) is 132 cm³/mol. The maximum Gasteiger partial charge on any atom is 0.119 e. The van der Waals surface area contributed by atoms with Gasteiger partial charge in [-0.25, -0.2) is 4.39 Å². The van der Waals surface area contributed by atoms with Crippen molar-refractivity contribution >= 4 is 10.8 Å². The van der Waals surface area contributed by atoms with Crippen LogP contribution in [0.25, 0.3) is 21.9 Å². The summed E-state index contributed by atoms with van der Waals surface area (Å²) in [5.41, 5.74) is 5.40. The summed E-state index contributed by atoms with van der Waals surface area (Å²) in [6.45, 7) is 6.60. The van der Waals surface area contributed by atoms with Gasteiger partial charge in [0, 0.05) is 12.1 Å². The smallest absolute Gasteiger partial charge is 0.119 e. The Hall–Kier alpha value is -3.17. The molecular formula is C29H30FNO. The number of benzene rings is 4. The van der Waals surface area contributed by atoms with Crippen molar-refractivity contribution in [3.05, 3.63) is 102 Å². The zero-order valence-corrected chi connectivity index (χ0v) is 18.9. The summed E-state index contributed by atoms with van der Waals surface area (Å²) in [7, 11) is 0. The molecule has 1 unspecified atom stereocenters. The van der Waals surface area contributed by atoms with Crippen molar-refractivity contribution in [3.63, 3.8) is 0 Å². The standard InChI is InChI=1S/C29H30FNO/c1-4-32-27-10-7-9-24(17-27)20(2)31-21(3)26-16-25-8-5-6-11-28(25)29(18-26)23-14-12-22(19-30)13-15-23/h5-18,20-21,31H,4,19H2,1-3H3/t20-,21?/m1/s1. The van der Waals surface area contributed by atoms with Crippen LogP contribution >= 0.6 is 0 Å². The Labute approximate surface area is 190 Å². The van der Waals surface area contributed by atoms with Crippen LogP contribution in [-0.2, 0) is 6.67 Å². The summed E-state index contributed by atoms with van der Waals surface area (Å²) < 4.78 is 18.7. The lowest BCUT2D eigenvalue weighted by Crippen LogP contribution is -2.22. The molecule has 0 fully saturated rings. The van der Waals surface area contributed by atoms with E-state index in [1.807, 2.05) is 43.3 Å². The van der Waals surface area contributed by atoms with Crippen LogP contribution < -0.4 is 10.1 Å². The van der Waals surface area contributed by atoms with Crippen LogP contribution in [0.3, 0.4) is 0 Å². The molecule has 0 heterocycles. The van der Waals surface area contributed by atoms with Gasteiger partial charge in [0.1, 0.15) is 12.4 Å². The molecule has 3 heteroatoms. The summed E-state index contributed by atoms with van der Waals surface area (Å²) in [6, 6.07) is 29.3. The highest BCUT2D eigenvalue weighted by Gasteiger charge is 2.15. The Kier molecular flexibility index (Phi) is 6.87. The minimum Gasteiger partial charge on any atom is -0.494 e. The fourth-order valence-corrected chi connectivity index (χ4v) is 4.20. The molecule has 32 heavy (non-hydrogen) atoms. The van der Waals surface area contributed by atoms with Gasteiger partial charge in [-0.15, -0.1) is 0 Å². The minimum atomic E-state index is -0.440. The van der Waals surface area contributed by atoms with Crippen LogP contribution in [0.15, 0.2) is 84.9 Å². The third-order valence-electron chi connectivity index (χ3n) is 5.97. The van der Waals surface area contributed by atoms with E-state index in [4.69, 9.17) is 4.74 Å². The molecule has 0 saturated heterocycles. The van der Waals surface area contributed by atoms with Crippen LogP contribution in [0.1, 0.15) is 49.5 Å². The molecule has 0 aliphatic heterocycles. The summed E-state index contributed by atoms with van der Waals surface area (Å²) in [4.78, 5) is 0. The molecule has 0 saturated carbocycles. The summed E-state index contributed by atoms with van der Waals surface area (Å²) in [5.74, 6) is 0.899. The number of halogens is 1. The molecular weight excluding hydrogens is 397 g/mol. The zero-order valence-electron chi connectivity index (χ0n) is 18.9. The van der Waals surface area contributed by atoms with Gasteiger partial charge in [-0.1, -0.05) is 60.7 Å². The Bertz CT molecular complexity index is 1190. The van der Waals surface area contributed by atoms with Crippen molar-refractivity contribution < 1.29 is 9.13 Å². The van der Waals surface area contributed by atoms with Crippen LogP contribution in [0.5, 0.6) is 5.75 Å². The van der Waals surface area contributed by atoms with E-state index in [9.17, 15) is 4.39 Å². The fraction of sp³-hybridized carbons (Fsp3) is 0.241. The maximum absolute atomic E-state index is 13.0. The van der Waals surface area contributed by atoms with E-state index in [0.717, 1.165) is 11.3 Å². The molecule has 4 rings (SSSR count). The maximum atomic E-state index is 13.0. The molecule has 0 bridgehead atoms. The minimum absolute atomic E-state index is 0.147. The number of ether oxygens (including phenoxy) is 1. The van der Waals surface area contributed by atoms with Gasteiger partial charge in [0.2, 0.25) is 0 Å². The highest BCUT2D eigenvalue weighted by atomic mass is 19.1. The molecule has 0 aromatic heterocycles. The fourth-order valence-electron chi connectivity index (χ4n) is 4.20. The molecule has 164 valence electrons. The summed E-state index contributed by atoms with van der Waals surface area (Å²) >= 11 is 0. The zero-order chi connectivity index (χ0) is 22.5. The molecule has 2 atom stereocenters. The largest absolute Gasteiger partial charge is 0.494 e. The number of hydrogen-bond acceptors (Lipinski definition) is 2. The van der Waals surface area contributed by atoms with Gasteiger partial charge in [0.05, 0.1) is 6.61 Å². The topological polar surface area (TPSA) is 21.3 Å². The predicted octanol–water partition coefficient (Wildman–Crippen LogP) is 7.79. The molecule has 2 nitrogen and oxygen atoms in total. The first-order valence-electron chi connectivity index (χ1n) is 11.3. The molecule has 4 aromatic rings. The number of nitrogens with one attached hydrogen (secondary N) is 1. The van der Waals surface area contributed by atoms with Crippen molar-refractivity contribution in [2.24, 2.45) is 0 Å². The van der Waals surface area contributed by atoms with Crippen LogP contribution in [0.4, 0.5) is 4.39 Å². The lowest BCUT2D eigenvalue weighted by atomic mass is 9.93. The normalized spacial score (nSPS) is 13.1. The number of alkyl halides is 1. The molecule has 1 N–H and O–H groups in total. The van der Waals surface area contributed by atoms with E-state index >= 15 is 0 Å². The quantitative estimate of drug-likeness (QED) is 0.310. The van der Waals surface area contributed by atoms with Crippen molar-refractivity contribution in [2.75, 3.05) is 6.61 Å². The molecule has 0 spiro atoms. The van der Waals surface area contributed by atoms with Crippen LogP contribution in [0.2, 0.25) is 0 Å². The van der Waals surface area contributed by atoms with Crippen LogP contribution in [0, 0.1) is 0 Å². The first kappa shape index (κ1) is 22.0. The molecule has 0 aliphatic carbocycles. The monoisotopic (exact) mass is 427 g/mol. The van der Waals surface area contributed by atoms with E-state index in [-0.39, 0.29) is 12.1 Å². The first-order chi connectivity index (χ1) is 15.6. The Morgan fingerprint density at radius 2 is 1.56 bits per heavy atom. The van der Waals surface area contributed by atoms with Gasteiger partial charge in [-0.3, -0.25) is 0 Å². The number of rotatable bonds is 8. The number of fused-ring (bicyclic) bond motifs is 1. The second kappa shape index (κ2) is 9.97. The van der Waals surface area contributed by atoms with Crippen molar-refractivity contribution in [1.29, 1.82) is 0 Å². The van der Waals surface area contributed by atoms with E-state index < -0.39 is 6.67 Å². The SMILES string of the molecule is CCOc1cccc([C@@H](C)NC(C)c2cc(-c3ccc(CF)cc3)c3ccccc3c2)c1. The number of hydrogen-bond donors (Lipinski definition) is 1. The lowest BCUT2D eigenvalue weighted by Gasteiger charge is -2.22. The molecule has 4 aromatic carbocycles. The van der Waals surface area contributed by atoms with Gasteiger partial charge < -0.3 is 10.1 Å².